The molecule has 0 bridgehead atoms. The predicted molar refractivity (Wildman–Crippen MR) is 42.4 cm³/mol. The molecule has 0 aromatic carbocycles. The zero-order valence-electron chi connectivity index (χ0n) is 4.81. The molecule has 1 rings (SSSR count). The summed E-state index contributed by atoms with van der Waals surface area (Å²) in [5.41, 5.74) is 0. The Morgan fingerprint density at radius 1 is 1.78 bits per heavy atom. The van der Waals surface area contributed by atoms with Gasteiger partial charge in [0.15, 0.2) is 5.01 Å². The fourth-order valence-electron chi connectivity index (χ4n) is 0.419. The van der Waals surface area contributed by atoms with Gasteiger partial charge in [0.05, 0.1) is 9.98 Å². The molecule has 0 radical (unpaired) electrons. The molecule has 0 atom stereocenters. The highest BCUT2D eigenvalue weighted by Gasteiger charge is 1.91. The molecule has 0 saturated heterocycles. The van der Waals surface area contributed by atoms with Gasteiger partial charge in [-0.1, -0.05) is 17.3 Å². The summed E-state index contributed by atoms with van der Waals surface area (Å²) in [5.74, 6) is 5.63. The Morgan fingerprint density at radius 2 is 2.56 bits per heavy atom. The third-order valence-corrected chi connectivity index (χ3v) is 2.10. The maximum absolute atomic E-state index is 4.00. The number of hydrogen-bond acceptors (Lipinski definition) is 2. The second kappa shape index (κ2) is 3.00. The van der Waals surface area contributed by atoms with E-state index in [4.69, 9.17) is 0 Å². The summed E-state index contributed by atoms with van der Waals surface area (Å²) in [7, 11) is 0. The van der Waals surface area contributed by atoms with Crippen LogP contribution in [0.4, 0.5) is 0 Å². The minimum Gasteiger partial charge on any atom is -0.235 e. The van der Waals surface area contributed by atoms with E-state index in [0.29, 0.717) is 0 Å². The summed E-state index contributed by atoms with van der Waals surface area (Å²) in [6.07, 6.45) is 1.75. The van der Waals surface area contributed by atoms with Crippen molar-refractivity contribution in [1.29, 1.82) is 0 Å². The van der Waals surface area contributed by atoms with Crippen LogP contribution >= 0.6 is 27.3 Å². The zero-order chi connectivity index (χ0) is 6.69. The lowest BCUT2D eigenvalue weighted by Crippen LogP contribution is -1.63. The number of hydrogen-bond donors (Lipinski definition) is 0. The predicted octanol–water partition coefficient (Wildman–Crippen LogP) is 2.28. The maximum atomic E-state index is 4.00. The van der Waals surface area contributed by atoms with E-state index in [9.17, 15) is 0 Å². The van der Waals surface area contributed by atoms with Crippen LogP contribution < -0.4 is 0 Å². The second-order valence-corrected chi connectivity index (χ2v) is 3.75. The van der Waals surface area contributed by atoms with E-state index in [-0.39, 0.29) is 0 Å². The van der Waals surface area contributed by atoms with Gasteiger partial charge in [-0.05, 0) is 28.8 Å². The molecule has 0 aliphatic heterocycles. The molecule has 1 heterocycles. The molecule has 0 amide bonds. The van der Waals surface area contributed by atoms with Crippen molar-refractivity contribution in [1.82, 2.24) is 4.98 Å². The SMILES string of the molecule is CC#Cc1ncc(Br)s1. The van der Waals surface area contributed by atoms with Crippen LogP contribution in [0, 0.1) is 11.8 Å². The third-order valence-electron chi connectivity index (χ3n) is 0.709. The van der Waals surface area contributed by atoms with Crippen LogP contribution in [0.5, 0.6) is 0 Å². The van der Waals surface area contributed by atoms with Gasteiger partial charge in [0.25, 0.3) is 0 Å². The fraction of sp³-hybridized carbons (Fsp3) is 0.167. The average Bonchev–Trinajstić information content (AvgIpc) is 2.17. The minimum absolute atomic E-state index is 0.865. The lowest BCUT2D eigenvalue weighted by molar-refractivity contribution is 1.38. The summed E-state index contributed by atoms with van der Waals surface area (Å²) >= 11 is 4.83. The first-order valence-corrected chi connectivity index (χ1v) is 3.98. The Kier molecular flexibility index (Phi) is 2.26. The van der Waals surface area contributed by atoms with E-state index in [0.717, 1.165) is 8.79 Å². The number of halogens is 1. The number of thiazole rings is 1. The fourth-order valence-corrected chi connectivity index (χ4v) is 1.53. The minimum atomic E-state index is 0.865. The first kappa shape index (κ1) is 6.79. The summed E-state index contributed by atoms with van der Waals surface area (Å²) < 4.78 is 1.03. The Morgan fingerprint density at radius 3 is 3.00 bits per heavy atom. The molecule has 9 heavy (non-hydrogen) atoms. The molecule has 1 aromatic rings. The van der Waals surface area contributed by atoms with Crippen molar-refractivity contribution >= 4 is 27.3 Å². The number of nitrogens with zero attached hydrogens (tertiary/aromatic N) is 1. The molecule has 0 aliphatic rings. The molecular formula is C6H4BrNS. The molecule has 0 fully saturated rings. The first-order chi connectivity index (χ1) is 4.33. The molecule has 3 heteroatoms. The molecule has 0 saturated carbocycles. The average molecular weight is 202 g/mol. The van der Waals surface area contributed by atoms with Crippen LogP contribution in [0.2, 0.25) is 0 Å². The Hall–Kier alpha value is -0.330. The Balaban J connectivity index is 2.93. The van der Waals surface area contributed by atoms with Gasteiger partial charge in [0.1, 0.15) is 0 Å². The van der Waals surface area contributed by atoms with Gasteiger partial charge >= 0.3 is 0 Å². The maximum Gasteiger partial charge on any atom is 0.167 e. The molecule has 46 valence electrons. The highest BCUT2D eigenvalue weighted by molar-refractivity contribution is 9.11. The first-order valence-electron chi connectivity index (χ1n) is 2.37. The smallest absolute Gasteiger partial charge is 0.167 e. The molecular weight excluding hydrogens is 198 g/mol. The summed E-state index contributed by atoms with van der Waals surface area (Å²) in [6.45, 7) is 1.80. The highest BCUT2D eigenvalue weighted by atomic mass is 79.9. The van der Waals surface area contributed by atoms with Crippen LogP contribution in [0.3, 0.4) is 0 Å². The van der Waals surface area contributed by atoms with Gasteiger partial charge in [-0.15, -0.1) is 0 Å². The molecule has 0 spiro atoms. The van der Waals surface area contributed by atoms with E-state index in [2.05, 4.69) is 32.8 Å². The van der Waals surface area contributed by atoms with Crippen molar-refractivity contribution in [3.8, 4) is 11.8 Å². The van der Waals surface area contributed by atoms with Crippen LogP contribution in [0.15, 0.2) is 9.98 Å². The highest BCUT2D eigenvalue weighted by Crippen LogP contribution is 2.17. The lowest BCUT2D eigenvalue weighted by Gasteiger charge is -1.69. The van der Waals surface area contributed by atoms with Gasteiger partial charge in [0, 0.05) is 0 Å². The molecule has 1 nitrogen and oxygen atoms in total. The molecule has 0 unspecified atom stereocenters. The Bertz CT molecular complexity index is 256. The van der Waals surface area contributed by atoms with E-state index in [1.807, 2.05) is 0 Å². The van der Waals surface area contributed by atoms with Crippen LogP contribution in [-0.2, 0) is 0 Å². The van der Waals surface area contributed by atoms with Gasteiger partial charge in [-0.3, -0.25) is 0 Å². The third kappa shape index (κ3) is 1.81. The van der Waals surface area contributed by atoms with Crippen LogP contribution in [-0.4, -0.2) is 4.98 Å². The quantitative estimate of drug-likeness (QED) is 0.588. The van der Waals surface area contributed by atoms with Crippen LogP contribution in [0.1, 0.15) is 11.9 Å². The van der Waals surface area contributed by atoms with Crippen molar-refractivity contribution in [2.75, 3.05) is 0 Å². The topological polar surface area (TPSA) is 12.9 Å². The van der Waals surface area contributed by atoms with Crippen LogP contribution in [0.25, 0.3) is 0 Å². The van der Waals surface area contributed by atoms with Gasteiger partial charge in [-0.2, -0.15) is 0 Å². The zero-order valence-corrected chi connectivity index (χ0v) is 7.21. The van der Waals surface area contributed by atoms with Crippen molar-refractivity contribution in [3.63, 3.8) is 0 Å². The number of aromatic nitrogens is 1. The number of rotatable bonds is 0. The lowest BCUT2D eigenvalue weighted by atomic mass is 10.6. The summed E-state index contributed by atoms with van der Waals surface area (Å²) in [6, 6.07) is 0. The molecule has 0 N–H and O–H groups in total. The van der Waals surface area contributed by atoms with Crippen molar-refractivity contribution in [2.24, 2.45) is 0 Å². The standard InChI is InChI=1S/C6H4BrNS/c1-2-3-6-8-4-5(7)9-6/h4H,1H3. The summed E-state index contributed by atoms with van der Waals surface area (Å²) in [5, 5.41) is 0.865. The van der Waals surface area contributed by atoms with E-state index < -0.39 is 0 Å². The second-order valence-electron chi connectivity index (χ2n) is 1.34. The largest absolute Gasteiger partial charge is 0.235 e. The molecule has 1 aromatic heterocycles. The van der Waals surface area contributed by atoms with Gasteiger partial charge in [-0.25, -0.2) is 4.98 Å². The summed E-state index contributed by atoms with van der Waals surface area (Å²) in [4.78, 5) is 4.00. The van der Waals surface area contributed by atoms with Gasteiger partial charge < -0.3 is 0 Å². The Labute approximate surface area is 66.3 Å². The van der Waals surface area contributed by atoms with E-state index in [1.54, 1.807) is 24.5 Å². The van der Waals surface area contributed by atoms with Crippen molar-refractivity contribution < 1.29 is 0 Å². The van der Waals surface area contributed by atoms with E-state index >= 15 is 0 Å². The van der Waals surface area contributed by atoms with Gasteiger partial charge in [0.2, 0.25) is 0 Å². The molecule has 0 aliphatic carbocycles. The van der Waals surface area contributed by atoms with Crippen molar-refractivity contribution in [3.05, 3.63) is 15.0 Å². The normalized spacial score (nSPS) is 8.22. The van der Waals surface area contributed by atoms with E-state index in [1.165, 1.54) is 0 Å². The van der Waals surface area contributed by atoms with Crippen molar-refractivity contribution in [2.45, 2.75) is 6.92 Å². The monoisotopic (exact) mass is 201 g/mol.